The Balaban J connectivity index is 1.84. The molecule has 0 radical (unpaired) electrons. The minimum absolute atomic E-state index is 0.0721. The first-order valence-electron chi connectivity index (χ1n) is 7.84. The number of hydrogen-bond donors (Lipinski definition) is 1. The van der Waals surface area contributed by atoms with Crippen LogP contribution in [0.25, 0.3) is 0 Å². The van der Waals surface area contributed by atoms with E-state index in [9.17, 15) is 9.59 Å². The van der Waals surface area contributed by atoms with Crippen LogP contribution < -0.4 is 5.32 Å². The van der Waals surface area contributed by atoms with Crippen molar-refractivity contribution in [3.63, 3.8) is 0 Å². The van der Waals surface area contributed by atoms with Gasteiger partial charge in [-0.2, -0.15) is 11.8 Å². The summed E-state index contributed by atoms with van der Waals surface area (Å²) in [7, 11) is 0. The molecule has 1 aromatic carbocycles. The molecule has 5 heteroatoms. The average Bonchev–Trinajstić information content (AvgIpc) is 2.58. The molecule has 1 fully saturated rings. The van der Waals surface area contributed by atoms with E-state index >= 15 is 0 Å². The Morgan fingerprint density at radius 1 is 1.14 bits per heavy atom. The zero-order chi connectivity index (χ0) is 15.8. The molecular weight excluding hydrogens is 296 g/mol. The van der Waals surface area contributed by atoms with E-state index in [1.807, 2.05) is 35.4 Å². The van der Waals surface area contributed by atoms with Crippen molar-refractivity contribution in [2.24, 2.45) is 0 Å². The van der Waals surface area contributed by atoms with Gasteiger partial charge >= 0.3 is 0 Å². The summed E-state index contributed by atoms with van der Waals surface area (Å²) in [6, 6.07) is 7.57. The van der Waals surface area contributed by atoms with Crippen molar-refractivity contribution in [3.8, 4) is 0 Å². The Morgan fingerprint density at radius 3 is 2.45 bits per heavy atom. The summed E-state index contributed by atoms with van der Waals surface area (Å²) < 4.78 is 0. The zero-order valence-corrected chi connectivity index (χ0v) is 14.0. The maximum atomic E-state index is 12.3. The van der Waals surface area contributed by atoms with Crippen LogP contribution >= 0.6 is 11.8 Å². The minimum Gasteiger partial charge on any atom is -0.352 e. The number of likely N-dealkylation sites (tertiary alicyclic amines) is 1. The van der Waals surface area contributed by atoms with Gasteiger partial charge in [-0.15, -0.1) is 0 Å². The van der Waals surface area contributed by atoms with Gasteiger partial charge in [-0.25, -0.2) is 0 Å². The lowest BCUT2D eigenvalue weighted by atomic mass is 10.1. The zero-order valence-electron chi connectivity index (χ0n) is 13.1. The third-order valence-corrected chi connectivity index (χ3v) is 4.48. The third kappa shape index (κ3) is 5.05. The summed E-state index contributed by atoms with van der Waals surface area (Å²) in [5.41, 5.74) is 1.76. The van der Waals surface area contributed by atoms with Crippen molar-refractivity contribution in [1.29, 1.82) is 0 Å². The molecule has 1 saturated heterocycles. The molecular formula is C17H24N2O2S. The molecule has 1 aliphatic rings. The highest BCUT2D eigenvalue weighted by Crippen LogP contribution is 2.14. The smallest absolute Gasteiger partial charge is 0.253 e. The molecule has 1 aliphatic heterocycles. The second-order valence-electron chi connectivity index (χ2n) is 5.57. The molecule has 22 heavy (non-hydrogen) atoms. The van der Waals surface area contributed by atoms with E-state index in [0.717, 1.165) is 42.8 Å². The van der Waals surface area contributed by atoms with E-state index in [1.165, 1.54) is 6.42 Å². The number of nitrogens with one attached hydrogen (secondary N) is 1. The molecule has 0 aromatic heterocycles. The highest BCUT2D eigenvalue weighted by atomic mass is 32.2. The predicted octanol–water partition coefficient (Wildman–Crippen LogP) is 2.68. The number of rotatable bonds is 6. The van der Waals surface area contributed by atoms with Crippen LogP contribution in [-0.2, 0) is 11.3 Å². The Hall–Kier alpha value is -1.49. The second kappa shape index (κ2) is 8.83. The van der Waals surface area contributed by atoms with Crippen molar-refractivity contribution in [2.75, 3.05) is 25.1 Å². The molecule has 1 aromatic rings. The number of nitrogens with zero attached hydrogens (tertiary/aromatic N) is 1. The van der Waals surface area contributed by atoms with Crippen LogP contribution in [0.5, 0.6) is 0 Å². The minimum atomic E-state index is 0.0721. The fraction of sp³-hybridized carbons (Fsp3) is 0.529. The molecule has 0 bridgehead atoms. The predicted molar refractivity (Wildman–Crippen MR) is 91.0 cm³/mol. The van der Waals surface area contributed by atoms with Gasteiger partial charge in [0.1, 0.15) is 0 Å². The molecule has 0 saturated carbocycles. The quantitative estimate of drug-likeness (QED) is 0.877. The summed E-state index contributed by atoms with van der Waals surface area (Å²) in [6.07, 6.45) is 5.97. The first kappa shape index (κ1) is 16.9. The molecule has 0 spiro atoms. The topological polar surface area (TPSA) is 49.4 Å². The Bertz CT molecular complexity index is 496. The summed E-state index contributed by atoms with van der Waals surface area (Å²) >= 11 is 1.67. The van der Waals surface area contributed by atoms with Gasteiger partial charge in [0.15, 0.2) is 0 Å². The number of thioether (sulfide) groups is 1. The molecule has 2 amide bonds. The van der Waals surface area contributed by atoms with Crippen molar-refractivity contribution >= 4 is 23.6 Å². The largest absolute Gasteiger partial charge is 0.352 e. The van der Waals surface area contributed by atoms with Gasteiger partial charge in [0.2, 0.25) is 5.91 Å². The van der Waals surface area contributed by atoms with Crippen LogP contribution in [0, 0.1) is 0 Å². The second-order valence-corrected chi connectivity index (χ2v) is 6.55. The fourth-order valence-corrected chi connectivity index (χ4v) is 2.92. The lowest BCUT2D eigenvalue weighted by Crippen LogP contribution is -2.35. The Kier molecular flexibility index (Phi) is 6.77. The van der Waals surface area contributed by atoms with E-state index in [2.05, 4.69) is 5.32 Å². The summed E-state index contributed by atoms with van der Waals surface area (Å²) in [5, 5.41) is 2.90. The number of piperidine rings is 1. The highest BCUT2D eigenvalue weighted by Gasteiger charge is 2.17. The molecule has 0 aliphatic carbocycles. The molecule has 2 rings (SSSR count). The van der Waals surface area contributed by atoms with Crippen LogP contribution in [0.15, 0.2) is 24.3 Å². The molecule has 0 atom stereocenters. The Morgan fingerprint density at radius 2 is 1.82 bits per heavy atom. The van der Waals surface area contributed by atoms with Crippen LogP contribution in [0.3, 0.4) is 0 Å². The maximum Gasteiger partial charge on any atom is 0.253 e. The van der Waals surface area contributed by atoms with Gasteiger partial charge in [-0.05, 0) is 43.2 Å². The van der Waals surface area contributed by atoms with Crippen LogP contribution in [0.1, 0.15) is 41.6 Å². The summed E-state index contributed by atoms with van der Waals surface area (Å²) in [5.74, 6) is 1.04. The first-order valence-corrected chi connectivity index (χ1v) is 9.24. The standard InChI is InChI=1S/C17H24N2O2S/c1-22-12-9-16(20)18-13-14-5-7-15(8-6-14)17(21)19-10-3-2-4-11-19/h5-8H,2-4,9-13H2,1H3,(H,18,20). The molecule has 4 nitrogen and oxygen atoms in total. The third-order valence-electron chi connectivity index (χ3n) is 3.87. The van der Waals surface area contributed by atoms with Gasteiger partial charge in [0.25, 0.3) is 5.91 Å². The van der Waals surface area contributed by atoms with Crippen LogP contribution in [0.4, 0.5) is 0 Å². The molecule has 120 valence electrons. The van der Waals surface area contributed by atoms with Gasteiger partial charge in [-0.3, -0.25) is 9.59 Å². The van der Waals surface area contributed by atoms with E-state index in [-0.39, 0.29) is 11.8 Å². The van der Waals surface area contributed by atoms with Crippen molar-refractivity contribution < 1.29 is 9.59 Å². The van der Waals surface area contributed by atoms with Gasteiger partial charge in [-0.1, -0.05) is 12.1 Å². The number of carbonyl (C=O) groups excluding carboxylic acids is 2. The molecule has 1 heterocycles. The van der Waals surface area contributed by atoms with Gasteiger partial charge in [0.05, 0.1) is 0 Å². The summed E-state index contributed by atoms with van der Waals surface area (Å²) in [6.45, 7) is 2.25. The van der Waals surface area contributed by atoms with Crippen molar-refractivity contribution in [2.45, 2.75) is 32.2 Å². The monoisotopic (exact) mass is 320 g/mol. The van der Waals surface area contributed by atoms with E-state index in [1.54, 1.807) is 11.8 Å². The first-order chi connectivity index (χ1) is 10.7. The number of benzene rings is 1. The van der Waals surface area contributed by atoms with Crippen LogP contribution in [0.2, 0.25) is 0 Å². The number of amides is 2. The van der Waals surface area contributed by atoms with E-state index < -0.39 is 0 Å². The van der Waals surface area contributed by atoms with Crippen molar-refractivity contribution in [3.05, 3.63) is 35.4 Å². The van der Waals surface area contributed by atoms with E-state index in [4.69, 9.17) is 0 Å². The molecule has 1 N–H and O–H groups in total. The number of hydrogen-bond acceptors (Lipinski definition) is 3. The summed E-state index contributed by atoms with van der Waals surface area (Å²) in [4.78, 5) is 25.9. The van der Waals surface area contributed by atoms with Crippen LogP contribution in [-0.4, -0.2) is 41.8 Å². The SMILES string of the molecule is CSCCC(=O)NCc1ccc(C(=O)N2CCCCC2)cc1. The molecule has 0 unspecified atom stereocenters. The maximum absolute atomic E-state index is 12.3. The normalized spacial score (nSPS) is 14.7. The lowest BCUT2D eigenvalue weighted by Gasteiger charge is -2.26. The van der Waals surface area contributed by atoms with Gasteiger partial charge in [0, 0.05) is 37.4 Å². The van der Waals surface area contributed by atoms with E-state index in [0.29, 0.717) is 13.0 Å². The average molecular weight is 320 g/mol. The highest BCUT2D eigenvalue weighted by molar-refractivity contribution is 7.98. The lowest BCUT2D eigenvalue weighted by molar-refractivity contribution is -0.120. The van der Waals surface area contributed by atoms with Crippen molar-refractivity contribution in [1.82, 2.24) is 10.2 Å². The fourth-order valence-electron chi connectivity index (χ4n) is 2.53. The number of carbonyl (C=O) groups is 2. The Labute approximate surface area is 136 Å². The van der Waals surface area contributed by atoms with Gasteiger partial charge < -0.3 is 10.2 Å².